The van der Waals surface area contributed by atoms with E-state index in [0.717, 1.165) is 6.07 Å². The highest BCUT2D eigenvalue weighted by Crippen LogP contribution is 2.55. The Balaban J connectivity index is 2.70. The topological polar surface area (TPSA) is 50.4 Å². The number of rotatable bonds is 5. The second kappa shape index (κ2) is 9.11. The molecule has 1 amide bonds. The van der Waals surface area contributed by atoms with Gasteiger partial charge in [-0.2, -0.15) is 26.3 Å². The van der Waals surface area contributed by atoms with Crippen LogP contribution in [-0.2, 0) is 5.67 Å². The van der Waals surface area contributed by atoms with Crippen molar-refractivity contribution >= 4 is 33.2 Å². The van der Waals surface area contributed by atoms with E-state index in [1.54, 1.807) is 5.32 Å². The van der Waals surface area contributed by atoms with Gasteiger partial charge in [0, 0.05) is 17.1 Å². The number of hydrogen-bond acceptors (Lipinski definition) is 3. The number of nitrogens with one attached hydrogen (secondary N) is 2. The Labute approximate surface area is 191 Å². The number of halogens is 12. The lowest BCUT2D eigenvalue weighted by atomic mass is 9.93. The van der Waals surface area contributed by atoms with E-state index in [1.807, 2.05) is 0 Å². The molecule has 188 valence electrons. The maximum absolute atomic E-state index is 14.4. The number of carbonyl (C=O) groups is 1. The van der Waals surface area contributed by atoms with Crippen molar-refractivity contribution < 1.29 is 57.8 Å². The first-order valence-corrected chi connectivity index (χ1v) is 9.32. The average molecular weight is 575 g/mol. The van der Waals surface area contributed by atoms with Gasteiger partial charge in [0.05, 0.1) is 16.9 Å². The molecule has 16 heteroatoms. The van der Waals surface area contributed by atoms with Crippen LogP contribution < -0.4 is 15.4 Å². The molecule has 0 aliphatic rings. The van der Waals surface area contributed by atoms with Gasteiger partial charge in [-0.1, -0.05) is 6.07 Å². The maximum atomic E-state index is 14.4. The van der Waals surface area contributed by atoms with Gasteiger partial charge >= 0.3 is 24.4 Å². The molecule has 0 unspecified atom stereocenters. The molecule has 2 N–H and O–H groups in total. The van der Waals surface area contributed by atoms with Gasteiger partial charge in [0.2, 0.25) is 0 Å². The van der Waals surface area contributed by atoms with E-state index in [9.17, 15) is 53.1 Å². The highest BCUT2D eigenvalue weighted by Gasteiger charge is 2.73. The molecule has 0 bridgehead atoms. The molecule has 0 saturated heterocycles. The molecule has 0 aliphatic carbocycles. The van der Waals surface area contributed by atoms with Gasteiger partial charge in [0.25, 0.3) is 5.91 Å². The second-order valence-corrected chi connectivity index (χ2v) is 7.26. The predicted octanol–water partition coefficient (Wildman–Crippen LogP) is 7.07. The zero-order valence-electron chi connectivity index (χ0n) is 16.2. The summed E-state index contributed by atoms with van der Waals surface area (Å²) in [5.74, 6) is -4.45. The van der Waals surface area contributed by atoms with Gasteiger partial charge in [-0.25, -0.2) is 8.78 Å². The Morgan fingerprint density at radius 2 is 1.50 bits per heavy atom. The number of hydrogen-bond donors (Lipinski definition) is 2. The van der Waals surface area contributed by atoms with Crippen molar-refractivity contribution in [3.8, 4) is 5.75 Å². The van der Waals surface area contributed by atoms with Crippen LogP contribution >= 0.6 is 15.9 Å². The van der Waals surface area contributed by atoms with Crippen LogP contribution in [0.4, 0.5) is 59.7 Å². The minimum atomic E-state index is -6.64. The third-order valence-electron chi connectivity index (χ3n) is 4.21. The Hall–Kier alpha value is -2.78. The van der Waals surface area contributed by atoms with Crippen molar-refractivity contribution in [1.82, 2.24) is 0 Å². The molecular weight excluding hydrogens is 565 g/mol. The van der Waals surface area contributed by atoms with Crippen molar-refractivity contribution in [2.75, 3.05) is 17.7 Å². The molecule has 4 nitrogen and oxygen atoms in total. The fraction of sp³-hybridized carbons (Fsp3) is 0.278. The molecule has 34 heavy (non-hydrogen) atoms. The molecule has 0 fully saturated rings. The summed E-state index contributed by atoms with van der Waals surface area (Å²) in [6, 6.07) is 2.58. The van der Waals surface area contributed by atoms with E-state index in [2.05, 4.69) is 26.0 Å². The number of alkyl halides is 10. The Kier molecular flexibility index (Phi) is 7.36. The van der Waals surface area contributed by atoms with Gasteiger partial charge in [0.1, 0.15) is 0 Å². The van der Waals surface area contributed by atoms with E-state index in [4.69, 9.17) is 0 Å². The van der Waals surface area contributed by atoms with Gasteiger partial charge < -0.3 is 15.4 Å². The highest BCUT2D eigenvalue weighted by atomic mass is 79.9. The average Bonchev–Trinajstić information content (AvgIpc) is 2.66. The van der Waals surface area contributed by atoms with Crippen LogP contribution in [0.3, 0.4) is 0 Å². The first kappa shape index (κ1) is 27.5. The first-order valence-electron chi connectivity index (χ1n) is 8.53. The van der Waals surface area contributed by atoms with Crippen molar-refractivity contribution in [2.45, 2.75) is 24.4 Å². The minimum Gasteiger partial charge on any atom is -0.404 e. The van der Waals surface area contributed by atoms with Crippen LogP contribution in [-0.4, -0.2) is 31.7 Å². The van der Waals surface area contributed by atoms with Gasteiger partial charge in [0.15, 0.2) is 11.6 Å². The summed E-state index contributed by atoms with van der Waals surface area (Å²) in [6.45, 7) is 0. The summed E-state index contributed by atoms with van der Waals surface area (Å²) in [6.07, 6.45) is -19.0. The predicted molar refractivity (Wildman–Crippen MR) is 99.6 cm³/mol. The summed E-state index contributed by atoms with van der Waals surface area (Å²) in [5, 5.41) is 4.07. The fourth-order valence-electron chi connectivity index (χ4n) is 2.68. The van der Waals surface area contributed by atoms with E-state index in [1.165, 1.54) is 19.2 Å². The fourth-order valence-corrected chi connectivity index (χ4v) is 3.22. The van der Waals surface area contributed by atoms with Crippen LogP contribution in [0, 0.1) is 5.82 Å². The normalized spacial score (nSPS) is 13.0. The van der Waals surface area contributed by atoms with Gasteiger partial charge in [-0.15, -0.1) is 13.2 Å². The Bertz CT molecular complexity index is 1070. The van der Waals surface area contributed by atoms with E-state index >= 15 is 0 Å². The molecule has 0 aromatic heterocycles. The Morgan fingerprint density at radius 3 is 1.97 bits per heavy atom. The Morgan fingerprint density at radius 1 is 0.941 bits per heavy atom. The molecule has 0 saturated carbocycles. The maximum Gasteiger partial charge on any atom is 0.573 e. The molecule has 0 atom stereocenters. The van der Waals surface area contributed by atoms with Gasteiger partial charge in [-0.3, -0.25) is 4.79 Å². The molecule has 0 heterocycles. The second-order valence-electron chi connectivity index (χ2n) is 6.40. The molecule has 0 radical (unpaired) electrons. The first-order chi connectivity index (χ1) is 15.3. The lowest BCUT2D eigenvalue weighted by Gasteiger charge is -2.31. The monoisotopic (exact) mass is 574 g/mol. The standard InChI is InChI=1S/C18H10BrF11N2O2/c1-31-10-4-2-3-8(12(10)20)14(33)32-13-9(19)5-7(6-11(13)34-18(28,29)30)15(21,16(22,23)24)17(25,26)27/h2-6,31H,1H3,(H,32,33). The molecule has 2 aromatic carbocycles. The summed E-state index contributed by atoms with van der Waals surface area (Å²) < 4.78 is 148. The molecular formula is C18H10BrF11N2O2. The molecule has 0 spiro atoms. The van der Waals surface area contributed by atoms with Crippen molar-refractivity contribution in [3.63, 3.8) is 0 Å². The summed E-state index contributed by atoms with van der Waals surface area (Å²) in [7, 11) is 1.27. The third kappa shape index (κ3) is 5.31. The zero-order valence-corrected chi connectivity index (χ0v) is 17.8. The smallest absolute Gasteiger partial charge is 0.404 e. The number of anilines is 2. The van der Waals surface area contributed by atoms with Crippen LogP contribution in [0.25, 0.3) is 0 Å². The largest absolute Gasteiger partial charge is 0.573 e. The van der Waals surface area contributed by atoms with Crippen molar-refractivity contribution in [1.29, 1.82) is 0 Å². The van der Waals surface area contributed by atoms with Crippen LogP contribution in [0.15, 0.2) is 34.8 Å². The van der Waals surface area contributed by atoms with E-state index < -0.39 is 69.2 Å². The van der Waals surface area contributed by atoms with Crippen molar-refractivity contribution in [2.24, 2.45) is 0 Å². The molecule has 2 aromatic rings. The van der Waals surface area contributed by atoms with Crippen molar-refractivity contribution in [3.05, 3.63) is 51.7 Å². The quantitative estimate of drug-likeness (QED) is 0.376. The SMILES string of the molecule is CNc1cccc(C(=O)Nc2c(Br)cc(C(F)(C(F)(F)F)C(F)(F)F)cc2OC(F)(F)F)c1F. The van der Waals surface area contributed by atoms with Gasteiger partial charge in [-0.05, 0) is 40.2 Å². The number of ether oxygens (including phenoxy) is 1. The highest BCUT2D eigenvalue weighted by molar-refractivity contribution is 9.10. The van der Waals surface area contributed by atoms with Crippen LogP contribution in [0.1, 0.15) is 15.9 Å². The third-order valence-corrected chi connectivity index (χ3v) is 4.84. The lowest BCUT2D eigenvalue weighted by Crippen LogP contribution is -2.50. The summed E-state index contributed by atoms with van der Waals surface area (Å²) in [4.78, 5) is 12.4. The van der Waals surface area contributed by atoms with E-state index in [0.29, 0.717) is 0 Å². The molecule has 0 aliphatic heterocycles. The summed E-state index contributed by atoms with van der Waals surface area (Å²) in [5.41, 5.74) is -10.5. The molecule has 2 rings (SSSR count). The number of amides is 1. The summed E-state index contributed by atoms with van der Waals surface area (Å²) >= 11 is 2.41. The minimum absolute atomic E-state index is 0.139. The van der Waals surface area contributed by atoms with E-state index in [-0.39, 0.29) is 11.8 Å². The number of carbonyl (C=O) groups excluding carboxylic acids is 1. The van der Waals surface area contributed by atoms with Crippen LogP contribution in [0.2, 0.25) is 0 Å². The number of benzene rings is 2. The zero-order chi connectivity index (χ0) is 26.3. The lowest BCUT2D eigenvalue weighted by molar-refractivity contribution is -0.348. The van der Waals surface area contributed by atoms with Crippen LogP contribution in [0.5, 0.6) is 5.75 Å².